The number of aliphatic hydroxyl groups is 1. The first kappa shape index (κ1) is 9.25. The van der Waals surface area contributed by atoms with Crippen LogP contribution in [0.15, 0.2) is 0 Å². The van der Waals surface area contributed by atoms with Crippen LogP contribution in [0.1, 0.15) is 0 Å². The van der Waals surface area contributed by atoms with Gasteiger partial charge in [0.15, 0.2) is 0 Å². The molecule has 1 atom stereocenters. The summed E-state index contributed by atoms with van der Waals surface area (Å²) in [5, 5.41) is 17.9. The maximum Gasteiger partial charge on any atom is 0.367 e. The zero-order valence-electron chi connectivity index (χ0n) is 3.92. The summed E-state index contributed by atoms with van der Waals surface area (Å²) in [4.78, 5) is 8.44. The van der Waals surface area contributed by atoms with Gasteiger partial charge in [-0.25, -0.2) is 4.39 Å². The van der Waals surface area contributed by atoms with E-state index in [-0.39, 0.29) is 0 Å². The van der Waals surface area contributed by atoms with E-state index >= 15 is 0 Å². The summed E-state index contributed by atoms with van der Waals surface area (Å²) in [6.07, 6.45) is -2.29. The third kappa shape index (κ3) is 3.07. The third-order valence-corrected chi connectivity index (χ3v) is 1.31. The van der Waals surface area contributed by atoms with E-state index in [1.807, 2.05) is 0 Å². The summed E-state index contributed by atoms with van der Waals surface area (Å²) in [6, 6.07) is 0. The Balaban J connectivity index is 4.04. The third-order valence-electron chi connectivity index (χ3n) is 0.492. The van der Waals surface area contributed by atoms with Gasteiger partial charge in [0.05, 0.1) is 4.92 Å². The van der Waals surface area contributed by atoms with Crippen LogP contribution in [0.5, 0.6) is 0 Å². The number of rotatable bonds is 2. The molecule has 0 fully saturated rings. The fourth-order valence-electron chi connectivity index (χ4n) is 0.120. The predicted molar refractivity (Wildman–Crippen MR) is 34.7 cm³/mol. The largest absolute Gasteiger partial charge is 0.367 e. The summed E-state index contributed by atoms with van der Waals surface area (Å²) in [5.41, 5.74) is 0. The first-order valence-electron chi connectivity index (χ1n) is 1.74. The summed E-state index contributed by atoms with van der Waals surface area (Å²) in [5.74, 6) is 0. The highest BCUT2D eigenvalue weighted by Gasteiger charge is 2.41. The number of hydrogen-bond acceptors (Lipinski definition) is 3. The van der Waals surface area contributed by atoms with Gasteiger partial charge in [0.1, 0.15) is 0 Å². The van der Waals surface area contributed by atoms with E-state index in [9.17, 15) is 14.5 Å². The van der Waals surface area contributed by atoms with Gasteiger partial charge >= 0.3 is 9.72 Å². The van der Waals surface area contributed by atoms with E-state index in [1.54, 1.807) is 0 Å². The van der Waals surface area contributed by atoms with Gasteiger partial charge in [-0.1, -0.05) is 0 Å². The Morgan fingerprint density at radius 2 is 2.11 bits per heavy atom. The van der Waals surface area contributed by atoms with Crippen molar-refractivity contribution in [2.75, 3.05) is 0 Å². The number of hydrogen-bond donors (Lipinski definition) is 1. The molecule has 0 heterocycles. The van der Waals surface area contributed by atoms with Gasteiger partial charge in [-0.2, -0.15) is 0 Å². The molecule has 1 N–H and O–H groups in total. The van der Waals surface area contributed by atoms with Gasteiger partial charge in [0, 0.05) is 0 Å². The number of nitrogens with zero attached hydrogens (tertiary/aromatic N) is 1. The summed E-state index contributed by atoms with van der Waals surface area (Å²) in [6.45, 7) is 0. The first-order chi connectivity index (χ1) is 3.85. The van der Waals surface area contributed by atoms with E-state index in [2.05, 4.69) is 31.9 Å². The van der Waals surface area contributed by atoms with Crippen molar-refractivity contribution in [3.05, 3.63) is 10.1 Å². The molecule has 7 heteroatoms. The topological polar surface area (TPSA) is 63.4 Å². The van der Waals surface area contributed by atoms with Gasteiger partial charge < -0.3 is 5.11 Å². The Kier molecular flexibility index (Phi) is 2.97. The molecule has 0 aromatic heterocycles. The molecule has 0 amide bonds. The molecule has 1 unspecified atom stereocenters. The highest BCUT2D eigenvalue weighted by molar-refractivity contribution is 9.25. The summed E-state index contributed by atoms with van der Waals surface area (Å²) < 4.78 is 9.64. The monoisotopic (exact) mass is 265 g/mol. The van der Waals surface area contributed by atoms with Crippen LogP contribution in [0, 0.1) is 10.1 Å². The molecular weight excluding hydrogens is 265 g/mol. The zero-order valence-corrected chi connectivity index (χ0v) is 7.09. The molecule has 0 saturated carbocycles. The molecule has 0 aromatic rings. The van der Waals surface area contributed by atoms with E-state index in [4.69, 9.17) is 5.11 Å². The Morgan fingerprint density at radius 1 is 1.78 bits per heavy atom. The zero-order chi connectivity index (χ0) is 7.65. The average Bonchev–Trinajstić information content (AvgIpc) is 1.62. The molecule has 0 aliphatic rings. The number of halogens is 3. The quantitative estimate of drug-likeness (QED) is 0.351. The molecule has 0 rings (SSSR count). The summed E-state index contributed by atoms with van der Waals surface area (Å²) in [7, 11) is 0. The molecule has 0 aliphatic carbocycles. The van der Waals surface area contributed by atoms with E-state index < -0.39 is 14.6 Å². The molecule has 0 spiro atoms. The standard InChI is InChI=1S/C2H2Br2FNO3/c3-2(4,5)1(7)6(8)9/h1,7H. The van der Waals surface area contributed by atoms with Crippen molar-refractivity contribution in [3.63, 3.8) is 0 Å². The Labute approximate surface area is 66.5 Å². The molecule has 0 bridgehead atoms. The maximum atomic E-state index is 12.2. The average molecular weight is 267 g/mol. The lowest BCUT2D eigenvalue weighted by molar-refractivity contribution is -0.575. The lowest BCUT2D eigenvalue weighted by Crippen LogP contribution is -2.32. The van der Waals surface area contributed by atoms with Crippen LogP contribution in [-0.2, 0) is 0 Å². The van der Waals surface area contributed by atoms with E-state index in [0.29, 0.717) is 0 Å². The molecule has 54 valence electrons. The fourth-order valence-corrected chi connectivity index (χ4v) is 0.454. The van der Waals surface area contributed by atoms with Crippen LogP contribution < -0.4 is 0 Å². The molecule has 0 aliphatic heterocycles. The van der Waals surface area contributed by atoms with Crippen LogP contribution in [-0.4, -0.2) is 19.7 Å². The molecule has 0 saturated heterocycles. The van der Waals surface area contributed by atoms with Crippen LogP contribution >= 0.6 is 31.9 Å². The van der Waals surface area contributed by atoms with Crippen molar-refractivity contribution < 1.29 is 14.4 Å². The van der Waals surface area contributed by atoms with Gasteiger partial charge in [0.25, 0.3) is 0 Å². The van der Waals surface area contributed by atoms with Crippen molar-refractivity contribution in [2.45, 2.75) is 9.72 Å². The van der Waals surface area contributed by atoms with Crippen LogP contribution in [0.25, 0.3) is 0 Å². The number of aliphatic hydroxyl groups excluding tert-OH is 1. The van der Waals surface area contributed by atoms with Gasteiger partial charge in [-0.15, -0.1) is 0 Å². The number of nitro groups is 1. The normalized spacial score (nSPS) is 15.1. The summed E-state index contributed by atoms with van der Waals surface area (Å²) >= 11 is 4.41. The van der Waals surface area contributed by atoms with Crippen molar-refractivity contribution >= 4 is 31.9 Å². The molecular formula is C2H2Br2FNO3. The minimum absolute atomic E-state index is 1.16. The number of alkyl halides is 3. The fraction of sp³-hybridized carbons (Fsp3) is 1.00. The van der Waals surface area contributed by atoms with Crippen LogP contribution in [0.2, 0.25) is 0 Å². The Hall–Kier alpha value is 0.250. The second-order valence-corrected chi connectivity index (χ2v) is 4.57. The van der Waals surface area contributed by atoms with Crippen LogP contribution in [0.4, 0.5) is 4.39 Å². The highest BCUT2D eigenvalue weighted by atomic mass is 79.9. The van der Waals surface area contributed by atoms with Gasteiger partial charge in [0.2, 0.25) is 0 Å². The Bertz CT molecular complexity index is 123. The highest BCUT2D eigenvalue weighted by Crippen LogP contribution is 2.31. The minimum atomic E-state index is -2.54. The second kappa shape index (κ2) is 2.89. The predicted octanol–water partition coefficient (Wildman–Crippen LogP) is 0.995. The molecule has 9 heavy (non-hydrogen) atoms. The minimum Gasteiger partial charge on any atom is -0.329 e. The molecule has 0 aromatic carbocycles. The van der Waals surface area contributed by atoms with Crippen molar-refractivity contribution in [3.8, 4) is 0 Å². The van der Waals surface area contributed by atoms with E-state index in [0.717, 1.165) is 0 Å². The van der Waals surface area contributed by atoms with Crippen molar-refractivity contribution in [2.24, 2.45) is 0 Å². The molecule has 4 nitrogen and oxygen atoms in total. The van der Waals surface area contributed by atoms with E-state index in [1.165, 1.54) is 0 Å². The van der Waals surface area contributed by atoms with Crippen LogP contribution in [0.3, 0.4) is 0 Å². The Morgan fingerprint density at radius 3 is 2.11 bits per heavy atom. The lowest BCUT2D eigenvalue weighted by atomic mass is 10.7. The first-order valence-corrected chi connectivity index (χ1v) is 3.32. The molecule has 0 radical (unpaired) electrons. The second-order valence-electron chi connectivity index (χ2n) is 1.20. The van der Waals surface area contributed by atoms with Gasteiger partial charge in [-0.05, 0) is 31.9 Å². The lowest BCUT2D eigenvalue weighted by Gasteiger charge is -2.08. The maximum absolute atomic E-state index is 12.2. The van der Waals surface area contributed by atoms with Crippen molar-refractivity contribution in [1.82, 2.24) is 0 Å². The smallest absolute Gasteiger partial charge is 0.329 e. The van der Waals surface area contributed by atoms with Crippen molar-refractivity contribution in [1.29, 1.82) is 0 Å². The SMILES string of the molecule is O=[N+]([O-])C(O)C(F)(Br)Br. The van der Waals surface area contributed by atoms with Gasteiger partial charge in [-0.3, -0.25) is 10.1 Å².